The minimum Gasteiger partial charge on any atom is -0.486 e. The van der Waals surface area contributed by atoms with Crippen molar-refractivity contribution in [3.05, 3.63) is 11.5 Å². The Hall–Kier alpha value is -1.56. The van der Waals surface area contributed by atoms with E-state index >= 15 is 0 Å². The molecule has 0 radical (unpaired) electrons. The molecule has 2 rings (SSSR count). The second-order valence-corrected chi connectivity index (χ2v) is 5.15. The van der Waals surface area contributed by atoms with Gasteiger partial charge in [0.05, 0.1) is 12.7 Å². The molecule has 1 aromatic rings. The van der Waals surface area contributed by atoms with Crippen LogP contribution in [0.5, 0.6) is 5.75 Å². The number of hydrogen-bond acceptors (Lipinski definition) is 5. The third-order valence-corrected chi connectivity index (χ3v) is 2.33. The first-order chi connectivity index (χ1) is 8.37. The van der Waals surface area contributed by atoms with E-state index in [1.54, 1.807) is 20.8 Å². The van der Waals surface area contributed by atoms with Gasteiger partial charge in [-0.1, -0.05) is 0 Å². The van der Waals surface area contributed by atoms with Crippen LogP contribution < -0.4 is 9.64 Å². The highest BCUT2D eigenvalue weighted by Crippen LogP contribution is 2.30. The number of carbonyl (C=O) groups excluding carboxylic acids is 1. The number of rotatable bonds is 0. The molecule has 1 aliphatic rings. The van der Waals surface area contributed by atoms with Crippen LogP contribution in [-0.2, 0) is 4.74 Å². The molecule has 0 spiro atoms. The molecule has 0 bridgehead atoms. The third-order valence-electron chi connectivity index (χ3n) is 2.15. The van der Waals surface area contributed by atoms with Crippen molar-refractivity contribution in [3.63, 3.8) is 0 Å². The Morgan fingerprint density at radius 1 is 1.56 bits per heavy atom. The first kappa shape index (κ1) is 12.9. The summed E-state index contributed by atoms with van der Waals surface area (Å²) in [6, 6.07) is 0. The summed E-state index contributed by atoms with van der Waals surface area (Å²) in [5.74, 6) is 0.770. The zero-order valence-electron chi connectivity index (χ0n) is 10.4. The predicted octanol–water partition coefficient (Wildman–Crippen LogP) is 2.26. The molecule has 1 amide bonds. The van der Waals surface area contributed by atoms with Crippen LogP contribution in [0.25, 0.3) is 0 Å². The number of anilines is 1. The molecule has 0 atom stereocenters. The molecule has 98 valence electrons. The molecule has 0 saturated heterocycles. The zero-order chi connectivity index (χ0) is 13.3. The van der Waals surface area contributed by atoms with Gasteiger partial charge in [0.1, 0.15) is 12.2 Å². The number of aromatic nitrogens is 2. The maximum Gasteiger partial charge on any atom is 0.416 e. The number of fused-ring (bicyclic) bond motifs is 1. The van der Waals surface area contributed by atoms with Crippen molar-refractivity contribution in [2.24, 2.45) is 0 Å². The highest BCUT2D eigenvalue weighted by molar-refractivity contribution is 6.28. The van der Waals surface area contributed by atoms with Crippen LogP contribution in [0.3, 0.4) is 0 Å². The summed E-state index contributed by atoms with van der Waals surface area (Å²) in [6.07, 6.45) is 0.975. The molecule has 0 N–H and O–H groups in total. The van der Waals surface area contributed by atoms with Crippen LogP contribution in [0, 0.1) is 0 Å². The first-order valence-corrected chi connectivity index (χ1v) is 5.90. The van der Waals surface area contributed by atoms with Gasteiger partial charge in [0.15, 0.2) is 11.6 Å². The van der Waals surface area contributed by atoms with Gasteiger partial charge in [-0.3, -0.25) is 4.90 Å². The lowest BCUT2D eigenvalue weighted by Crippen LogP contribution is -2.42. The maximum atomic E-state index is 12.0. The summed E-state index contributed by atoms with van der Waals surface area (Å²) in [5, 5.41) is 0.0628. The van der Waals surface area contributed by atoms with Gasteiger partial charge in [0, 0.05) is 0 Å². The van der Waals surface area contributed by atoms with Crippen LogP contribution >= 0.6 is 11.6 Å². The molecule has 0 saturated carbocycles. The molecule has 7 heteroatoms. The van der Waals surface area contributed by atoms with Gasteiger partial charge in [-0.15, -0.1) is 0 Å². The van der Waals surface area contributed by atoms with E-state index in [9.17, 15) is 4.79 Å². The van der Waals surface area contributed by atoms with Gasteiger partial charge in [-0.05, 0) is 32.4 Å². The van der Waals surface area contributed by atoms with Gasteiger partial charge in [0.2, 0.25) is 5.28 Å². The summed E-state index contributed by atoms with van der Waals surface area (Å²) in [6.45, 7) is 6.16. The number of nitrogens with zero attached hydrogens (tertiary/aromatic N) is 3. The van der Waals surface area contributed by atoms with Crippen molar-refractivity contribution < 1.29 is 14.3 Å². The van der Waals surface area contributed by atoms with E-state index < -0.39 is 11.7 Å². The van der Waals surface area contributed by atoms with Crippen molar-refractivity contribution in [2.75, 3.05) is 18.1 Å². The molecule has 2 heterocycles. The Labute approximate surface area is 110 Å². The molecule has 0 aliphatic carbocycles. The highest BCUT2D eigenvalue weighted by Gasteiger charge is 2.29. The van der Waals surface area contributed by atoms with Crippen LogP contribution in [0.4, 0.5) is 10.6 Å². The fourth-order valence-corrected chi connectivity index (χ4v) is 1.61. The molecular formula is C11H14ClN3O3. The Morgan fingerprint density at radius 2 is 2.28 bits per heavy atom. The quantitative estimate of drug-likeness (QED) is 0.677. The van der Waals surface area contributed by atoms with E-state index in [-0.39, 0.29) is 5.28 Å². The monoisotopic (exact) mass is 271 g/mol. The van der Waals surface area contributed by atoms with Gasteiger partial charge in [0.25, 0.3) is 0 Å². The van der Waals surface area contributed by atoms with Gasteiger partial charge >= 0.3 is 6.09 Å². The van der Waals surface area contributed by atoms with E-state index in [1.807, 2.05) is 0 Å². The van der Waals surface area contributed by atoms with E-state index in [4.69, 9.17) is 21.1 Å². The SMILES string of the molecule is CC(C)(C)OC(=O)N1CCOc2cnc(Cl)nc21. The number of halogens is 1. The lowest BCUT2D eigenvalue weighted by Gasteiger charge is -2.30. The molecule has 0 aromatic carbocycles. The molecule has 1 aliphatic heterocycles. The van der Waals surface area contributed by atoms with Crippen molar-refractivity contribution in [3.8, 4) is 5.75 Å². The van der Waals surface area contributed by atoms with E-state index in [2.05, 4.69) is 9.97 Å². The number of ether oxygens (including phenoxy) is 2. The minimum absolute atomic E-state index is 0.0628. The summed E-state index contributed by atoms with van der Waals surface area (Å²) >= 11 is 5.72. The van der Waals surface area contributed by atoms with Gasteiger partial charge in [-0.2, -0.15) is 4.98 Å². The van der Waals surface area contributed by atoms with Gasteiger partial charge < -0.3 is 9.47 Å². The Kier molecular flexibility index (Phi) is 3.30. The average molecular weight is 272 g/mol. The van der Waals surface area contributed by atoms with Crippen LogP contribution in [0.15, 0.2) is 6.20 Å². The third kappa shape index (κ3) is 2.81. The first-order valence-electron chi connectivity index (χ1n) is 5.53. The second kappa shape index (κ2) is 4.61. The smallest absolute Gasteiger partial charge is 0.416 e. The molecule has 18 heavy (non-hydrogen) atoms. The van der Waals surface area contributed by atoms with Crippen molar-refractivity contribution in [2.45, 2.75) is 26.4 Å². The summed E-state index contributed by atoms with van der Waals surface area (Å²) in [5.41, 5.74) is -0.563. The Balaban J connectivity index is 2.27. The van der Waals surface area contributed by atoms with Crippen LogP contribution in [0.1, 0.15) is 20.8 Å². The van der Waals surface area contributed by atoms with E-state index in [0.29, 0.717) is 24.7 Å². The Morgan fingerprint density at radius 3 is 2.94 bits per heavy atom. The molecular weight excluding hydrogens is 258 g/mol. The van der Waals surface area contributed by atoms with Crippen LogP contribution in [-0.4, -0.2) is 34.8 Å². The predicted molar refractivity (Wildman–Crippen MR) is 66.1 cm³/mol. The average Bonchev–Trinajstić information content (AvgIpc) is 2.25. The van der Waals surface area contributed by atoms with Crippen molar-refractivity contribution in [1.82, 2.24) is 9.97 Å². The summed E-state index contributed by atoms with van der Waals surface area (Å²) in [4.78, 5) is 21.2. The topological polar surface area (TPSA) is 64.5 Å². The minimum atomic E-state index is -0.563. The van der Waals surface area contributed by atoms with Crippen molar-refractivity contribution in [1.29, 1.82) is 0 Å². The Bertz CT molecular complexity index is 473. The summed E-state index contributed by atoms with van der Waals surface area (Å²) in [7, 11) is 0. The molecule has 1 aromatic heterocycles. The lowest BCUT2D eigenvalue weighted by atomic mass is 10.2. The zero-order valence-corrected chi connectivity index (χ0v) is 11.2. The highest BCUT2D eigenvalue weighted by atomic mass is 35.5. The van der Waals surface area contributed by atoms with Crippen molar-refractivity contribution >= 4 is 23.5 Å². The molecule has 6 nitrogen and oxygen atoms in total. The normalized spacial score (nSPS) is 14.8. The summed E-state index contributed by atoms with van der Waals surface area (Å²) < 4.78 is 10.7. The van der Waals surface area contributed by atoms with Gasteiger partial charge in [-0.25, -0.2) is 9.78 Å². The fourth-order valence-electron chi connectivity index (χ4n) is 1.48. The lowest BCUT2D eigenvalue weighted by molar-refractivity contribution is 0.0566. The number of amides is 1. The fraction of sp³-hybridized carbons (Fsp3) is 0.545. The van der Waals surface area contributed by atoms with E-state index in [0.717, 1.165) is 0 Å². The molecule has 0 fully saturated rings. The number of carbonyl (C=O) groups is 1. The number of hydrogen-bond donors (Lipinski definition) is 0. The maximum absolute atomic E-state index is 12.0. The second-order valence-electron chi connectivity index (χ2n) is 4.81. The largest absolute Gasteiger partial charge is 0.486 e. The standard InChI is InChI=1S/C11H14ClN3O3/c1-11(2,3)18-10(16)15-4-5-17-7-6-13-9(12)14-8(7)15/h6H,4-5H2,1-3H3. The van der Waals surface area contributed by atoms with E-state index in [1.165, 1.54) is 11.1 Å². The molecule has 0 unspecified atom stereocenters. The van der Waals surface area contributed by atoms with Crippen LogP contribution in [0.2, 0.25) is 5.28 Å².